The Balaban J connectivity index is 2.40. The number of amidine groups is 1. The van der Waals surface area contributed by atoms with E-state index < -0.39 is 5.83 Å². The summed E-state index contributed by atoms with van der Waals surface area (Å²) in [4.78, 5) is 41.3. The van der Waals surface area contributed by atoms with E-state index in [9.17, 15) is 14.7 Å². The summed E-state index contributed by atoms with van der Waals surface area (Å²) in [5.41, 5.74) is 2.27. The first kappa shape index (κ1) is 32.5. The molecule has 2 aromatic heterocycles. The molecule has 2 heterocycles. The van der Waals surface area contributed by atoms with E-state index in [0.29, 0.717) is 61.5 Å². The van der Waals surface area contributed by atoms with E-state index in [1.165, 1.54) is 11.0 Å². The van der Waals surface area contributed by atoms with Gasteiger partial charge in [0.05, 0.1) is 33.2 Å². The molecule has 2 N–H and O–H groups in total. The van der Waals surface area contributed by atoms with E-state index in [1.807, 2.05) is 32.6 Å². The van der Waals surface area contributed by atoms with E-state index in [2.05, 4.69) is 21.9 Å². The summed E-state index contributed by atoms with van der Waals surface area (Å²) in [5, 5.41) is 13.5. The van der Waals surface area contributed by atoms with Gasteiger partial charge in [0.25, 0.3) is 0 Å². The number of aliphatic hydroxyl groups excluding tert-OH is 1. The van der Waals surface area contributed by atoms with Gasteiger partial charge in [-0.3, -0.25) is 24.5 Å². The standard InChI is InChI=1S/C31H38ClFN6O3/c1-7-8-14-38(21(5)16-35-17-40)30(34-6)22-15-23(32)28(26-24(33)10-9-11-25(26)42)37-31(22)39(18-41)29-20(4)12-13-36-27(29)19(2)3/h7,10,12-13,15,17-19,21,42H,1,8-9,11,14,16H2,2-6H3,(H,35,40). The van der Waals surface area contributed by atoms with Crippen LogP contribution in [0.1, 0.15) is 68.5 Å². The Hall–Kier alpha value is -4.05. The van der Waals surface area contributed by atoms with E-state index in [-0.39, 0.29) is 46.2 Å². The summed E-state index contributed by atoms with van der Waals surface area (Å²) in [5.74, 6) is -0.269. The van der Waals surface area contributed by atoms with Gasteiger partial charge in [-0.2, -0.15) is 0 Å². The van der Waals surface area contributed by atoms with Crippen molar-refractivity contribution in [2.75, 3.05) is 25.0 Å². The van der Waals surface area contributed by atoms with Crippen molar-refractivity contribution in [3.8, 4) is 0 Å². The number of hydrogen-bond donors (Lipinski definition) is 2. The third-order valence-corrected chi connectivity index (χ3v) is 7.32. The fourth-order valence-corrected chi connectivity index (χ4v) is 5.21. The molecule has 11 heteroatoms. The molecule has 42 heavy (non-hydrogen) atoms. The number of aliphatic hydroxyl groups is 1. The third kappa shape index (κ3) is 6.87. The highest BCUT2D eigenvalue weighted by molar-refractivity contribution is 6.33. The number of halogens is 2. The van der Waals surface area contributed by atoms with Crippen LogP contribution in [0, 0.1) is 6.92 Å². The van der Waals surface area contributed by atoms with Gasteiger partial charge in [0.1, 0.15) is 17.4 Å². The van der Waals surface area contributed by atoms with Gasteiger partial charge in [-0.05, 0) is 56.4 Å². The summed E-state index contributed by atoms with van der Waals surface area (Å²) in [6.07, 6.45) is 7.27. The average Bonchev–Trinajstić information content (AvgIpc) is 2.96. The van der Waals surface area contributed by atoms with Gasteiger partial charge in [0.2, 0.25) is 12.8 Å². The predicted molar refractivity (Wildman–Crippen MR) is 166 cm³/mol. The number of carbonyl (C=O) groups excluding carboxylic acids is 2. The van der Waals surface area contributed by atoms with Crippen LogP contribution in [-0.4, -0.2) is 64.8 Å². The lowest BCUT2D eigenvalue weighted by atomic mass is 9.99. The first-order valence-corrected chi connectivity index (χ1v) is 14.2. The van der Waals surface area contributed by atoms with Gasteiger partial charge in [-0.25, -0.2) is 9.37 Å². The van der Waals surface area contributed by atoms with Crippen molar-refractivity contribution >= 4 is 47.3 Å². The van der Waals surface area contributed by atoms with E-state index >= 15 is 4.39 Å². The zero-order valence-corrected chi connectivity index (χ0v) is 25.5. The first-order chi connectivity index (χ1) is 20.1. The number of nitrogens with zero attached hydrogens (tertiary/aromatic N) is 5. The molecule has 0 bridgehead atoms. The number of carbonyl (C=O) groups is 2. The molecule has 1 unspecified atom stereocenters. The minimum absolute atomic E-state index is 0.00428. The Morgan fingerprint density at radius 1 is 1.33 bits per heavy atom. The minimum atomic E-state index is -0.643. The maximum atomic E-state index is 15.1. The fourth-order valence-electron chi connectivity index (χ4n) is 4.97. The lowest BCUT2D eigenvalue weighted by Crippen LogP contribution is -2.45. The molecule has 3 rings (SSSR count). The highest BCUT2D eigenvalue weighted by Gasteiger charge is 2.31. The molecule has 1 aliphatic rings. The van der Waals surface area contributed by atoms with Crippen molar-refractivity contribution in [3.05, 3.63) is 76.2 Å². The molecule has 0 radical (unpaired) electrons. The number of rotatable bonds is 13. The molecule has 0 spiro atoms. The Morgan fingerprint density at radius 2 is 2.07 bits per heavy atom. The quantitative estimate of drug-likeness (QED) is 0.124. The van der Waals surface area contributed by atoms with E-state index in [4.69, 9.17) is 16.6 Å². The number of nitrogens with one attached hydrogen (secondary N) is 1. The topological polar surface area (TPSA) is 111 Å². The number of allylic oxidation sites excluding steroid dienone is 4. The lowest BCUT2D eigenvalue weighted by Gasteiger charge is -2.34. The second-order valence-electron chi connectivity index (χ2n) is 10.3. The molecule has 9 nitrogen and oxygen atoms in total. The number of anilines is 2. The maximum absolute atomic E-state index is 15.1. The zero-order valence-electron chi connectivity index (χ0n) is 24.7. The zero-order chi connectivity index (χ0) is 31.0. The van der Waals surface area contributed by atoms with E-state index in [1.54, 1.807) is 31.5 Å². The summed E-state index contributed by atoms with van der Waals surface area (Å²) in [6, 6.07) is 3.16. The van der Waals surface area contributed by atoms with Gasteiger partial charge in [-0.1, -0.05) is 31.5 Å². The second kappa shape index (κ2) is 14.7. The summed E-state index contributed by atoms with van der Waals surface area (Å²) >= 11 is 6.78. The van der Waals surface area contributed by atoms with Crippen LogP contribution < -0.4 is 10.2 Å². The number of amides is 2. The van der Waals surface area contributed by atoms with Crippen LogP contribution in [0.25, 0.3) is 5.57 Å². The van der Waals surface area contributed by atoms with Gasteiger partial charge >= 0.3 is 0 Å². The molecular formula is C31H38ClFN6O3. The molecule has 0 aromatic carbocycles. The molecule has 2 amide bonds. The summed E-state index contributed by atoms with van der Waals surface area (Å²) in [7, 11) is 1.61. The summed E-state index contributed by atoms with van der Waals surface area (Å²) in [6.45, 7) is 12.4. The number of aromatic nitrogens is 2. The van der Waals surface area contributed by atoms with Crippen LogP contribution in [0.4, 0.5) is 15.9 Å². The Morgan fingerprint density at radius 3 is 2.67 bits per heavy atom. The first-order valence-electron chi connectivity index (χ1n) is 13.8. The highest BCUT2D eigenvalue weighted by Crippen LogP contribution is 2.40. The second-order valence-corrected chi connectivity index (χ2v) is 10.7. The van der Waals surface area contributed by atoms with Gasteiger partial charge in [0.15, 0.2) is 5.82 Å². The Bertz CT molecular complexity index is 1420. The monoisotopic (exact) mass is 596 g/mol. The van der Waals surface area contributed by atoms with Crippen molar-refractivity contribution < 1.29 is 19.1 Å². The van der Waals surface area contributed by atoms with Crippen molar-refractivity contribution in [2.24, 2.45) is 4.99 Å². The average molecular weight is 597 g/mol. The van der Waals surface area contributed by atoms with Crippen LogP contribution in [0.3, 0.4) is 0 Å². The van der Waals surface area contributed by atoms with Crippen LogP contribution in [0.2, 0.25) is 5.02 Å². The number of aliphatic imine (C=N–C) groups is 1. The number of aryl methyl sites for hydroxylation is 1. The van der Waals surface area contributed by atoms with Crippen molar-refractivity contribution in [1.82, 2.24) is 20.2 Å². The van der Waals surface area contributed by atoms with E-state index in [0.717, 1.165) is 5.56 Å². The lowest BCUT2D eigenvalue weighted by molar-refractivity contribution is -0.109. The highest BCUT2D eigenvalue weighted by atomic mass is 35.5. The Kier molecular flexibility index (Phi) is 11.4. The van der Waals surface area contributed by atoms with Crippen molar-refractivity contribution in [3.63, 3.8) is 0 Å². The molecule has 0 aliphatic heterocycles. The van der Waals surface area contributed by atoms with Crippen LogP contribution in [0.15, 0.2) is 53.6 Å². The molecule has 0 saturated carbocycles. The normalized spacial score (nSPS) is 14.4. The molecule has 0 saturated heterocycles. The maximum Gasteiger partial charge on any atom is 0.219 e. The molecule has 224 valence electrons. The fraction of sp³-hybridized carbons (Fsp3) is 0.387. The van der Waals surface area contributed by atoms with Crippen molar-refractivity contribution in [1.29, 1.82) is 0 Å². The molecule has 1 aliphatic carbocycles. The molecular weight excluding hydrogens is 559 g/mol. The minimum Gasteiger partial charge on any atom is -0.511 e. The summed E-state index contributed by atoms with van der Waals surface area (Å²) < 4.78 is 15.1. The molecule has 2 aromatic rings. The molecule has 1 atom stereocenters. The third-order valence-electron chi connectivity index (χ3n) is 7.03. The van der Waals surface area contributed by atoms with Gasteiger partial charge in [-0.15, -0.1) is 6.58 Å². The Labute approximate surface area is 251 Å². The van der Waals surface area contributed by atoms with Gasteiger partial charge in [0, 0.05) is 38.8 Å². The number of hydrogen-bond acceptors (Lipinski definition) is 6. The van der Waals surface area contributed by atoms with Gasteiger partial charge < -0.3 is 15.3 Å². The van der Waals surface area contributed by atoms with Crippen LogP contribution in [-0.2, 0) is 9.59 Å². The van der Waals surface area contributed by atoms with Crippen LogP contribution >= 0.6 is 11.6 Å². The molecule has 0 fully saturated rings. The number of pyridine rings is 2. The SMILES string of the molecule is C=CCCN(C(=NC)c1cc(Cl)c(C2=C(O)CCC=C2F)nc1N(C=O)c1c(C)ccnc1C(C)C)C(C)CNC=O. The van der Waals surface area contributed by atoms with Crippen LogP contribution in [0.5, 0.6) is 0 Å². The van der Waals surface area contributed by atoms with Crippen molar-refractivity contribution in [2.45, 2.75) is 58.9 Å². The smallest absolute Gasteiger partial charge is 0.219 e. The largest absolute Gasteiger partial charge is 0.511 e. The predicted octanol–water partition coefficient (Wildman–Crippen LogP) is 6.16.